The van der Waals surface area contributed by atoms with Gasteiger partial charge in [-0.05, 0) is 50.8 Å². The number of nitrogens with two attached hydrogens (primary N) is 1. The Balaban J connectivity index is 2.10. The fraction of sp³-hybridized carbons (Fsp3) is 0.615. The number of nitrogens with zero attached hydrogens (tertiary/aromatic N) is 2. The Morgan fingerprint density at radius 3 is 2.69 bits per heavy atom. The lowest BCUT2D eigenvalue weighted by Gasteiger charge is -2.34. The van der Waals surface area contributed by atoms with Gasteiger partial charge in [-0.1, -0.05) is 0 Å². The van der Waals surface area contributed by atoms with Crippen molar-refractivity contribution in [1.82, 2.24) is 4.98 Å². The molecule has 0 amide bonds. The zero-order valence-electron chi connectivity index (χ0n) is 10.2. The van der Waals surface area contributed by atoms with Crippen LogP contribution < -0.4 is 10.6 Å². The Morgan fingerprint density at radius 1 is 1.38 bits per heavy atom. The van der Waals surface area contributed by atoms with Crippen LogP contribution in [-0.4, -0.2) is 24.6 Å². The van der Waals surface area contributed by atoms with Crippen LogP contribution in [0, 0.1) is 19.8 Å². The molecule has 2 rings (SSSR count). The van der Waals surface area contributed by atoms with E-state index in [1.165, 1.54) is 24.1 Å². The minimum Gasteiger partial charge on any atom is -0.371 e. The van der Waals surface area contributed by atoms with Gasteiger partial charge >= 0.3 is 0 Å². The van der Waals surface area contributed by atoms with Gasteiger partial charge in [-0.2, -0.15) is 0 Å². The summed E-state index contributed by atoms with van der Waals surface area (Å²) in [6.45, 7) is 7.28. The Hall–Kier alpha value is -1.09. The van der Waals surface area contributed by atoms with Gasteiger partial charge in [0.25, 0.3) is 0 Å². The molecule has 1 saturated heterocycles. The molecule has 0 radical (unpaired) electrons. The first-order chi connectivity index (χ1) is 7.70. The summed E-state index contributed by atoms with van der Waals surface area (Å²) in [5, 5.41) is 0. The van der Waals surface area contributed by atoms with Gasteiger partial charge in [-0.3, -0.25) is 4.98 Å². The molecule has 3 nitrogen and oxygen atoms in total. The molecule has 0 atom stereocenters. The lowest BCUT2D eigenvalue weighted by molar-refractivity contribution is 0.414. The van der Waals surface area contributed by atoms with Crippen LogP contribution >= 0.6 is 0 Å². The minimum absolute atomic E-state index is 0.722. The van der Waals surface area contributed by atoms with E-state index in [2.05, 4.69) is 29.8 Å². The lowest BCUT2D eigenvalue weighted by Crippen LogP contribution is -2.36. The van der Waals surface area contributed by atoms with E-state index in [-0.39, 0.29) is 0 Å². The summed E-state index contributed by atoms with van der Waals surface area (Å²) in [4.78, 5) is 6.79. The fourth-order valence-corrected chi connectivity index (χ4v) is 2.36. The molecule has 2 heterocycles. The lowest BCUT2D eigenvalue weighted by atomic mass is 9.96. The molecule has 0 spiro atoms. The van der Waals surface area contributed by atoms with Crippen LogP contribution in [0.3, 0.4) is 0 Å². The molecule has 0 unspecified atom stereocenters. The van der Waals surface area contributed by atoms with Crippen molar-refractivity contribution in [2.24, 2.45) is 11.7 Å². The van der Waals surface area contributed by atoms with E-state index in [1.807, 2.05) is 6.20 Å². The highest BCUT2D eigenvalue weighted by Gasteiger charge is 2.19. The van der Waals surface area contributed by atoms with Crippen molar-refractivity contribution >= 4 is 5.69 Å². The van der Waals surface area contributed by atoms with Crippen molar-refractivity contribution in [3.05, 3.63) is 23.5 Å². The van der Waals surface area contributed by atoms with Crippen LogP contribution in [-0.2, 0) is 0 Å². The quantitative estimate of drug-likeness (QED) is 0.825. The van der Waals surface area contributed by atoms with Crippen molar-refractivity contribution in [3.8, 4) is 0 Å². The number of aromatic nitrogens is 1. The first-order valence-electron chi connectivity index (χ1n) is 6.09. The van der Waals surface area contributed by atoms with Gasteiger partial charge in [0, 0.05) is 30.7 Å². The van der Waals surface area contributed by atoms with Gasteiger partial charge in [0.1, 0.15) is 0 Å². The molecule has 0 aliphatic carbocycles. The number of pyridine rings is 1. The maximum absolute atomic E-state index is 5.71. The van der Waals surface area contributed by atoms with E-state index in [9.17, 15) is 0 Å². The summed E-state index contributed by atoms with van der Waals surface area (Å²) in [6, 6.07) is 2.19. The zero-order valence-corrected chi connectivity index (χ0v) is 10.2. The van der Waals surface area contributed by atoms with E-state index in [4.69, 9.17) is 5.73 Å². The van der Waals surface area contributed by atoms with Gasteiger partial charge in [0.05, 0.1) is 0 Å². The standard InChI is InChI=1S/C13H21N3/c1-10-9-15-11(2)7-13(10)16-5-3-12(8-14)4-6-16/h7,9,12H,3-6,8,14H2,1-2H3. The molecule has 1 aromatic rings. The molecule has 0 saturated carbocycles. The average Bonchev–Trinajstić information content (AvgIpc) is 2.32. The summed E-state index contributed by atoms with van der Waals surface area (Å²) in [5.74, 6) is 0.722. The van der Waals surface area contributed by atoms with Gasteiger partial charge in [0.15, 0.2) is 0 Å². The third kappa shape index (κ3) is 2.35. The van der Waals surface area contributed by atoms with Crippen LogP contribution in [0.1, 0.15) is 24.1 Å². The highest BCUT2D eigenvalue weighted by Crippen LogP contribution is 2.25. The first-order valence-corrected chi connectivity index (χ1v) is 6.09. The van der Waals surface area contributed by atoms with Crippen LogP contribution in [0.2, 0.25) is 0 Å². The number of anilines is 1. The smallest absolute Gasteiger partial charge is 0.0429 e. The molecule has 0 aromatic carbocycles. The summed E-state index contributed by atoms with van der Waals surface area (Å²) in [5.41, 5.74) is 9.44. The van der Waals surface area contributed by atoms with Gasteiger partial charge in [-0.25, -0.2) is 0 Å². The SMILES string of the molecule is Cc1cc(N2CCC(CN)CC2)c(C)cn1. The van der Waals surface area contributed by atoms with Crippen LogP contribution in [0.15, 0.2) is 12.3 Å². The number of hydrogen-bond acceptors (Lipinski definition) is 3. The third-order valence-electron chi connectivity index (χ3n) is 3.50. The second-order valence-electron chi connectivity index (χ2n) is 4.78. The molecule has 3 heteroatoms. The van der Waals surface area contributed by atoms with E-state index < -0.39 is 0 Å². The van der Waals surface area contributed by atoms with Crippen LogP contribution in [0.5, 0.6) is 0 Å². The van der Waals surface area contributed by atoms with Gasteiger partial charge in [-0.15, -0.1) is 0 Å². The normalized spacial score (nSPS) is 17.8. The fourth-order valence-electron chi connectivity index (χ4n) is 2.36. The zero-order chi connectivity index (χ0) is 11.5. The minimum atomic E-state index is 0.722. The van der Waals surface area contributed by atoms with E-state index >= 15 is 0 Å². The van der Waals surface area contributed by atoms with Crippen molar-refractivity contribution in [3.63, 3.8) is 0 Å². The molecule has 1 aliphatic rings. The first kappa shape index (κ1) is 11.4. The highest BCUT2D eigenvalue weighted by molar-refractivity contribution is 5.53. The van der Waals surface area contributed by atoms with Gasteiger partial charge in [0.2, 0.25) is 0 Å². The van der Waals surface area contributed by atoms with Crippen molar-refractivity contribution in [2.75, 3.05) is 24.5 Å². The molecule has 16 heavy (non-hydrogen) atoms. The summed E-state index contributed by atoms with van der Waals surface area (Å²) in [6.07, 6.45) is 4.41. The molecule has 88 valence electrons. The van der Waals surface area contributed by atoms with E-state index in [0.717, 1.165) is 31.2 Å². The largest absolute Gasteiger partial charge is 0.371 e. The number of hydrogen-bond donors (Lipinski definition) is 1. The molecular formula is C13H21N3. The van der Waals surface area contributed by atoms with Crippen LogP contribution in [0.25, 0.3) is 0 Å². The van der Waals surface area contributed by atoms with Gasteiger partial charge < -0.3 is 10.6 Å². The van der Waals surface area contributed by atoms with Crippen LogP contribution in [0.4, 0.5) is 5.69 Å². The third-order valence-corrected chi connectivity index (χ3v) is 3.50. The average molecular weight is 219 g/mol. The summed E-state index contributed by atoms with van der Waals surface area (Å²) < 4.78 is 0. The summed E-state index contributed by atoms with van der Waals surface area (Å²) in [7, 11) is 0. The van der Waals surface area contributed by atoms with Crippen molar-refractivity contribution in [1.29, 1.82) is 0 Å². The highest BCUT2D eigenvalue weighted by atomic mass is 15.1. The molecule has 0 bridgehead atoms. The monoisotopic (exact) mass is 219 g/mol. The second-order valence-corrected chi connectivity index (χ2v) is 4.78. The second kappa shape index (κ2) is 4.83. The summed E-state index contributed by atoms with van der Waals surface area (Å²) >= 11 is 0. The molecular weight excluding hydrogens is 198 g/mol. The molecule has 1 aliphatic heterocycles. The Morgan fingerprint density at radius 2 is 2.06 bits per heavy atom. The van der Waals surface area contributed by atoms with Crippen molar-refractivity contribution in [2.45, 2.75) is 26.7 Å². The number of aryl methyl sites for hydroxylation is 2. The Bertz CT molecular complexity index is 354. The maximum Gasteiger partial charge on any atom is 0.0429 e. The number of rotatable bonds is 2. The van der Waals surface area contributed by atoms with Crippen molar-refractivity contribution < 1.29 is 0 Å². The Kier molecular flexibility index (Phi) is 3.44. The van der Waals surface area contributed by atoms with E-state index in [0.29, 0.717) is 0 Å². The number of piperidine rings is 1. The van der Waals surface area contributed by atoms with E-state index in [1.54, 1.807) is 0 Å². The maximum atomic E-state index is 5.71. The predicted molar refractivity (Wildman–Crippen MR) is 67.7 cm³/mol. The topological polar surface area (TPSA) is 42.1 Å². The molecule has 1 aromatic heterocycles. The molecule has 1 fully saturated rings. The predicted octanol–water partition coefficient (Wildman–Crippen LogP) is 1.87. The Labute approximate surface area is 97.7 Å². The molecule has 2 N–H and O–H groups in total.